The van der Waals surface area contributed by atoms with Crippen molar-refractivity contribution in [1.82, 2.24) is 5.32 Å². The Balaban J connectivity index is 4.37. The van der Waals surface area contributed by atoms with Gasteiger partial charge in [0.05, 0.1) is 13.2 Å². The van der Waals surface area contributed by atoms with Crippen molar-refractivity contribution < 1.29 is 14.3 Å². The average molecular weight is 258 g/mol. The van der Waals surface area contributed by atoms with Gasteiger partial charge in [-0.05, 0) is 18.8 Å². The van der Waals surface area contributed by atoms with Gasteiger partial charge in [0.1, 0.15) is 6.04 Å². The van der Waals surface area contributed by atoms with Crippen LogP contribution < -0.4 is 11.1 Å². The molecular weight excluding hydrogens is 232 g/mol. The lowest BCUT2D eigenvalue weighted by Gasteiger charge is -2.19. The van der Waals surface area contributed by atoms with Crippen molar-refractivity contribution in [1.29, 1.82) is 0 Å². The van der Waals surface area contributed by atoms with E-state index in [1.165, 1.54) is 7.11 Å². The Hall–Kier alpha value is -1.10. The van der Waals surface area contributed by atoms with Gasteiger partial charge in [0.2, 0.25) is 5.91 Å². The number of hydrogen-bond donors (Lipinski definition) is 2. The fraction of sp³-hybridized carbons (Fsp3) is 0.846. The summed E-state index contributed by atoms with van der Waals surface area (Å²) in [4.78, 5) is 23.3. The van der Waals surface area contributed by atoms with E-state index in [2.05, 4.69) is 10.1 Å². The van der Waals surface area contributed by atoms with Crippen molar-refractivity contribution in [3.8, 4) is 0 Å². The lowest BCUT2D eigenvalue weighted by atomic mass is 10.0. The summed E-state index contributed by atoms with van der Waals surface area (Å²) in [5, 5.41) is 2.67. The maximum absolute atomic E-state index is 11.8. The summed E-state index contributed by atoms with van der Waals surface area (Å²) < 4.78 is 4.68. The first-order valence-electron chi connectivity index (χ1n) is 6.56. The number of esters is 1. The Labute approximate surface area is 109 Å². The minimum absolute atomic E-state index is 0.282. The van der Waals surface area contributed by atoms with Crippen LogP contribution in [0, 0.1) is 5.92 Å². The fourth-order valence-electron chi connectivity index (χ4n) is 1.69. The van der Waals surface area contributed by atoms with Gasteiger partial charge in [-0.1, -0.05) is 33.6 Å². The zero-order valence-corrected chi connectivity index (χ0v) is 11.9. The van der Waals surface area contributed by atoms with E-state index in [1.54, 1.807) is 0 Å². The third kappa shape index (κ3) is 6.59. The topological polar surface area (TPSA) is 81.4 Å². The number of nitrogens with two attached hydrogens (primary N) is 1. The molecule has 0 heterocycles. The molecule has 0 unspecified atom stereocenters. The first kappa shape index (κ1) is 16.9. The van der Waals surface area contributed by atoms with E-state index in [9.17, 15) is 9.59 Å². The van der Waals surface area contributed by atoms with Gasteiger partial charge in [0.25, 0.3) is 0 Å². The first-order chi connectivity index (χ1) is 8.42. The molecule has 3 N–H and O–H groups in total. The van der Waals surface area contributed by atoms with Crippen LogP contribution in [0.2, 0.25) is 0 Å². The minimum Gasteiger partial charge on any atom is -0.467 e. The summed E-state index contributed by atoms with van der Waals surface area (Å²) in [6.07, 6.45) is 3.01. The number of carbonyl (C=O) groups is 2. The van der Waals surface area contributed by atoms with Crippen molar-refractivity contribution in [2.24, 2.45) is 11.7 Å². The second kappa shape index (κ2) is 8.91. The second-order valence-electron chi connectivity index (χ2n) is 4.96. The number of amides is 1. The molecule has 0 aliphatic carbocycles. The Morgan fingerprint density at radius 3 is 2.39 bits per heavy atom. The van der Waals surface area contributed by atoms with E-state index < -0.39 is 18.1 Å². The summed E-state index contributed by atoms with van der Waals surface area (Å²) in [7, 11) is 1.32. The van der Waals surface area contributed by atoms with Gasteiger partial charge in [-0.2, -0.15) is 0 Å². The van der Waals surface area contributed by atoms with Crippen LogP contribution in [0.5, 0.6) is 0 Å². The van der Waals surface area contributed by atoms with Crippen molar-refractivity contribution >= 4 is 11.9 Å². The Morgan fingerprint density at radius 2 is 1.94 bits per heavy atom. The molecule has 2 atom stereocenters. The van der Waals surface area contributed by atoms with E-state index >= 15 is 0 Å². The summed E-state index contributed by atoms with van der Waals surface area (Å²) in [5.74, 6) is -0.346. The number of nitrogens with one attached hydrogen (secondary N) is 1. The average Bonchev–Trinajstić information content (AvgIpc) is 2.32. The number of hydrogen-bond acceptors (Lipinski definition) is 4. The third-order valence-corrected chi connectivity index (χ3v) is 2.71. The van der Waals surface area contributed by atoms with Crippen LogP contribution in [0.4, 0.5) is 0 Å². The van der Waals surface area contributed by atoms with Crippen LogP contribution in [0.3, 0.4) is 0 Å². The van der Waals surface area contributed by atoms with E-state index in [4.69, 9.17) is 5.73 Å². The molecule has 1 amide bonds. The zero-order valence-electron chi connectivity index (χ0n) is 11.9. The SMILES string of the molecule is CCCC[C@H](NC(=O)[C@@H](N)CC(C)C)C(=O)OC. The molecule has 0 aliphatic rings. The van der Waals surface area contributed by atoms with Crippen LogP contribution >= 0.6 is 0 Å². The van der Waals surface area contributed by atoms with E-state index in [0.717, 1.165) is 12.8 Å². The molecule has 0 aromatic carbocycles. The van der Waals surface area contributed by atoms with Crippen molar-refractivity contribution in [3.05, 3.63) is 0 Å². The number of carbonyl (C=O) groups excluding carboxylic acids is 2. The molecular formula is C13H26N2O3. The fourth-order valence-corrected chi connectivity index (χ4v) is 1.69. The highest BCUT2D eigenvalue weighted by molar-refractivity contribution is 5.87. The van der Waals surface area contributed by atoms with Crippen LogP contribution in [0.15, 0.2) is 0 Å². The molecule has 0 fully saturated rings. The normalized spacial score (nSPS) is 14.1. The summed E-state index contributed by atoms with van der Waals surface area (Å²) in [6.45, 7) is 6.03. The minimum atomic E-state index is -0.583. The van der Waals surface area contributed by atoms with Crippen LogP contribution in [-0.2, 0) is 14.3 Å². The highest BCUT2D eigenvalue weighted by Gasteiger charge is 2.24. The van der Waals surface area contributed by atoms with Gasteiger partial charge in [-0.15, -0.1) is 0 Å². The lowest BCUT2D eigenvalue weighted by molar-refractivity contribution is -0.145. The smallest absolute Gasteiger partial charge is 0.328 e. The van der Waals surface area contributed by atoms with Crippen molar-refractivity contribution in [2.45, 2.75) is 58.5 Å². The second-order valence-corrected chi connectivity index (χ2v) is 4.96. The number of rotatable bonds is 8. The molecule has 106 valence electrons. The summed E-state index contributed by atoms with van der Waals surface area (Å²) in [5.41, 5.74) is 5.77. The predicted octanol–water partition coefficient (Wildman–Crippen LogP) is 1.21. The van der Waals surface area contributed by atoms with Gasteiger partial charge >= 0.3 is 5.97 Å². The first-order valence-corrected chi connectivity index (χ1v) is 6.56. The molecule has 0 aromatic rings. The monoisotopic (exact) mass is 258 g/mol. The quantitative estimate of drug-likeness (QED) is 0.641. The number of ether oxygens (including phenoxy) is 1. The molecule has 0 bridgehead atoms. The number of methoxy groups -OCH3 is 1. The summed E-state index contributed by atoms with van der Waals surface area (Å²) >= 11 is 0. The van der Waals surface area contributed by atoms with Gasteiger partial charge in [-0.3, -0.25) is 4.79 Å². The molecule has 0 radical (unpaired) electrons. The van der Waals surface area contributed by atoms with Gasteiger partial charge in [0, 0.05) is 0 Å². The highest BCUT2D eigenvalue weighted by Crippen LogP contribution is 2.06. The molecule has 0 aromatic heterocycles. The molecule has 5 nitrogen and oxygen atoms in total. The maximum atomic E-state index is 11.8. The third-order valence-electron chi connectivity index (χ3n) is 2.71. The van der Waals surface area contributed by atoms with Crippen LogP contribution in [0.1, 0.15) is 46.5 Å². The standard InChI is InChI=1S/C13H26N2O3/c1-5-6-7-11(13(17)18-4)15-12(16)10(14)8-9(2)3/h9-11H,5-8,14H2,1-4H3,(H,15,16)/t10-,11-/m0/s1. The molecule has 0 spiro atoms. The van der Waals surface area contributed by atoms with E-state index in [1.807, 2.05) is 20.8 Å². The predicted molar refractivity (Wildman–Crippen MR) is 70.9 cm³/mol. The maximum Gasteiger partial charge on any atom is 0.328 e. The highest BCUT2D eigenvalue weighted by atomic mass is 16.5. The summed E-state index contributed by atoms with van der Waals surface area (Å²) in [6, 6.07) is -1.15. The Kier molecular flexibility index (Phi) is 8.37. The van der Waals surface area contributed by atoms with Crippen molar-refractivity contribution in [3.63, 3.8) is 0 Å². The zero-order chi connectivity index (χ0) is 14.1. The molecule has 5 heteroatoms. The van der Waals surface area contributed by atoms with Crippen molar-refractivity contribution in [2.75, 3.05) is 7.11 Å². The van der Waals surface area contributed by atoms with E-state index in [0.29, 0.717) is 18.8 Å². The lowest BCUT2D eigenvalue weighted by Crippen LogP contribution is -2.49. The van der Waals surface area contributed by atoms with Gasteiger partial charge in [0.15, 0.2) is 0 Å². The van der Waals surface area contributed by atoms with Gasteiger partial charge < -0.3 is 15.8 Å². The van der Waals surface area contributed by atoms with E-state index in [-0.39, 0.29) is 5.91 Å². The largest absolute Gasteiger partial charge is 0.467 e. The number of unbranched alkanes of at least 4 members (excludes halogenated alkanes) is 1. The molecule has 0 rings (SSSR count). The Morgan fingerprint density at radius 1 is 1.33 bits per heavy atom. The molecule has 18 heavy (non-hydrogen) atoms. The Bertz CT molecular complexity index is 267. The van der Waals surface area contributed by atoms with Crippen LogP contribution in [-0.4, -0.2) is 31.1 Å². The molecule has 0 aliphatic heterocycles. The van der Waals surface area contributed by atoms with Gasteiger partial charge in [-0.25, -0.2) is 4.79 Å². The molecule has 0 saturated carbocycles. The van der Waals surface area contributed by atoms with Crippen LogP contribution in [0.25, 0.3) is 0 Å². The molecule has 0 saturated heterocycles.